The Morgan fingerprint density at radius 1 is 1.35 bits per heavy atom. The maximum atomic E-state index is 12.1. The van der Waals surface area contributed by atoms with Crippen LogP contribution in [0.2, 0.25) is 0 Å². The quantitative estimate of drug-likeness (QED) is 0.846. The Morgan fingerprint density at radius 3 is 2.65 bits per heavy atom. The molecule has 2 fully saturated rings. The lowest BCUT2D eigenvalue weighted by Gasteiger charge is -2.50. The first-order chi connectivity index (χ1) is 9.61. The predicted molar refractivity (Wildman–Crippen MR) is 77.6 cm³/mol. The maximum absolute atomic E-state index is 12.1. The maximum Gasteiger partial charge on any atom is 0.317 e. The molecular formula is C14H17N3O2S. The molecule has 1 aromatic carbocycles. The van der Waals surface area contributed by atoms with Gasteiger partial charge >= 0.3 is 6.03 Å². The highest BCUT2D eigenvalue weighted by molar-refractivity contribution is 8.00. The number of carbonyl (C=O) groups excluding carboxylic acids is 2. The van der Waals surface area contributed by atoms with Gasteiger partial charge in [-0.2, -0.15) is 0 Å². The Labute approximate surface area is 122 Å². The highest BCUT2D eigenvalue weighted by Crippen LogP contribution is 2.30. The standard InChI is InChI=1S/C14H17N3O2S/c1-16-13(19)15-8-14(16)9-17(10-14)12(18)7-20-11-5-3-2-4-6-11/h2-6H,7-10H2,1H3,(H,15,19). The first-order valence-electron chi connectivity index (χ1n) is 6.58. The van der Waals surface area contributed by atoms with Crippen molar-refractivity contribution in [1.29, 1.82) is 0 Å². The van der Waals surface area contributed by atoms with Crippen molar-refractivity contribution in [2.24, 2.45) is 0 Å². The fourth-order valence-electron chi connectivity index (χ4n) is 2.61. The van der Waals surface area contributed by atoms with Gasteiger partial charge < -0.3 is 15.1 Å². The summed E-state index contributed by atoms with van der Waals surface area (Å²) < 4.78 is 0. The van der Waals surface area contributed by atoms with E-state index in [2.05, 4.69) is 5.32 Å². The molecule has 6 heteroatoms. The third-order valence-corrected chi connectivity index (χ3v) is 5.01. The normalized spacial score (nSPS) is 19.9. The number of thioether (sulfide) groups is 1. The van der Waals surface area contributed by atoms with Gasteiger partial charge in [-0.05, 0) is 12.1 Å². The van der Waals surface area contributed by atoms with Gasteiger partial charge in [-0.15, -0.1) is 11.8 Å². The number of carbonyl (C=O) groups is 2. The van der Waals surface area contributed by atoms with E-state index in [-0.39, 0.29) is 17.5 Å². The summed E-state index contributed by atoms with van der Waals surface area (Å²) in [5.74, 6) is 0.586. The summed E-state index contributed by atoms with van der Waals surface area (Å²) >= 11 is 1.55. The Balaban J connectivity index is 1.50. The molecule has 0 bridgehead atoms. The van der Waals surface area contributed by atoms with Crippen LogP contribution < -0.4 is 5.32 Å². The van der Waals surface area contributed by atoms with E-state index in [0.29, 0.717) is 25.4 Å². The van der Waals surface area contributed by atoms with E-state index >= 15 is 0 Å². The second kappa shape index (κ2) is 5.01. The molecular weight excluding hydrogens is 274 g/mol. The number of benzene rings is 1. The lowest BCUT2D eigenvalue weighted by Crippen LogP contribution is -2.70. The van der Waals surface area contributed by atoms with E-state index < -0.39 is 0 Å². The van der Waals surface area contributed by atoms with Gasteiger partial charge in [-0.25, -0.2) is 4.79 Å². The van der Waals surface area contributed by atoms with Crippen LogP contribution in [0.3, 0.4) is 0 Å². The van der Waals surface area contributed by atoms with Crippen LogP contribution in [0.25, 0.3) is 0 Å². The Bertz CT molecular complexity index is 528. The molecule has 5 nitrogen and oxygen atoms in total. The molecule has 0 saturated carbocycles. The molecule has 1 N–H and O–H groups in total. The molecule has 2 saturated heterocycles. The molecule has 3 amide bonds. The molecule has 0 unspecified atom stereocenters. The van der Waals surface area contributed by atoms with Crippen molar-refractivity contribution in [2.75, 3.05) is 32.4 Å². The summed E-state index contributed by atoms with van der Waals surface area (Å²) in [4.78, 5) is 28.2. The van der Waals surface area contributed by atoms with E-state index in [0.717, 1.165) is 4.90 Å². The highest BCUT2D eigenvalue weighted by Gasteiger charge is 2.53. The molecule has 1 aromatic rings. The SMILES string of the molecule is CN1C(=O)NCC12CN(C(=O)CSc1ccccc1)C2. The molecule has 3 rings (SSSR count). The fraction of sp³-hybridized carbons (Fsp3) is 0.429. The van der Waals surface area contributed by atoms with Crippen molar-refractivity contribution in [1.82, 2.24) is 15.1 Å². The van der Waals surface area contributed by atoms with Crippen LogP contribution in [0.1, 0.15) is 0 Å². The summed E-state index contributed by atoms with van der Waals surface area (Å²) in [6.07, 6.45) is 0. The largest absolute Gasteiger partial charge is 0.337 e. The van der Waals surface area contributed by atoms with Crippen LogP contribution in [0.5, 0.6) is 0 Å². The van der Waals surface area contributed by atoms with Crippen molar-refractivity contribution in [3.63, 3.8) is 0 Å². The summed E-state index contributed by atoms with van der Waals surface area (Å²) in [5, 5.41) is 2.82. The number of likely N-dealkylation sites (N-methyl/N-ethyl adjacent to an activating group) is 1. The van der Waals surface area contributed by atoms with Gasteiger partial charge in [0.2, 0.25) is 5.91 Å². The van der Waals surface area contributed by atoms with E-state index in [1.165, 1.54) is 0 Å². The van der Waals surface area contributed by atoms with Crippen LogP contribution in [0.4, 0.5) is 4.79 Å². The zero-order valence-electron chi connectivity index (χ0n) is 11.3. The number of nitrogens with one attached hydrogen (secondary N) is 1. The molecule has 0 atom stereocenters. The van der Waals surface area contributed by atoms with Crippen molar-refractivity contribution in [2.45, 2.75) is 10.4 Å². The monoisotopic (exact) mass is 291 g/mol. The van der Waals surface area contributed by atoms with Crippen LogP contribution >= 0.6 is 11.8 Å². The summed E-state index contributed by atoms with van der Waals surface area (Å²) in [5.41, 5.74) is -0.176. The zero-order chi connectivity index (χ0) is 14.2. The molecule has 106 valence electrons. The van der Waals surface area contributed by atoms with Gasteiger partial charge in [0.1, 0.15) is 0 Å². The Hall–Kier alpha value is -1.69. The van der Waals surface area contributed by atoms with Gasteiger partial charge in [-0.1, -0.05) is 18.2 Å². The number of nitrogens with zero attached hydrogens (tertiary/aromatic N) is 2. The van der Waals surface area contributed by atoms with Gasteiger partial charge in [-0.3, -0.25) is 4.79 Å². The molecule has 1 spiro atoms. The lowest BCUT2D eigenvalue weighted by molar-refractivity contribution is -0.138. The topological polar surface area (TPSA) is 52.7 Å². The molecule has 20 heavy (non-hydrogen) atoms. The summed E-state index contributed by atoms with van der Waals surface area (Å²) in [7, 11) is 1.79. The van der Waals surface area contributed by atoms with Crippen LogP contribution in [-0.4, -0.2) is 59.7 Å². The van der Waals surface area contributed by atoms with Gasteiger partial charge in [0.25, 0.3) is 0 Å². The van der Waals surface area contributed by atoms with E-state index in [1.54, 1.807) is 23.7 Å². The minimum Gasteiger partial charge on any atom is -0.337 e. The second-order valence-electron chi connectivity index (χ2n) is 5.29. The first-order valence-corrected chi connectivity index (χ1v) is 7.57. The Kier molecular flexibility index (Phi) is 3.33. The van der Waals surface area contributed by atoms with Crippen LogP contribution in [0, 0.1) is 0 Å². The van der Waals surface area contributed by atoms with Crippen LogP contribution in [0.15, 0.2) is 35.2 Å². The molecule has 0 aliphatic carbocycles. The first kappa shape index (κ1) is 13.3. The summed E-state index contributed by atoms with van der Waals surface area (Å²) in [6, 6.07) is 9.86. The van der Waals surface area contributed by atoms with E-state index in [9.17, 15) is 9.59 Å². The molecule has 2 heterocycles. The molecule has 2 aliphatic heterocycles. The van der Waals surface area contributed by atoms with Gasteiger partial charge in [0.05, 0.1) is 11.3 Å². The van der Waals surface area contributed by atoms with Crippen molar-refractivity contribution in [3.05, 3.63) is 30.3 Å². The predicted octanol–water partition coefficient (Wildman–Crippen LogP) is 1.01. The van der Waals surface area contributed by atoms with E-state index in [4.69, 9.17) is 0 Å². The average molecular weight is 291 g/mol. The third-order valence-electron chi connectivity index (χ3n) is 4.01. The van der Waals surface area contributed by atoms with Gasteiger partial charge in [0, 0.05) is 31.6 Å². The van der Waals surface area contributed by atoms with Crippen molar-refractivity contribution >= 4 is 23.7 Å². The fourth-order valence-corrected chi connectivity index (χ4v) is 3.43. The number of hydrogen-bond donors (Lipinski definition) is 1. The minimum absolute atomic E-state index is 0.0456. The highest BCUT2D eigenvalue weighted by atomic mass is 32.2. The van der Waals surface area contributed by atoms with Crippen molar-refractivity contribution < 1.29 is 9.59 Å². The second-order valence-corrected chi connectivity index (χ2v) is 6.34. The molecule has 0 aromatic heterocycles. The number of urea groups is 1. The molecule has 2 aliphatic rings. The van der Waals surface area contributed by atoms with Crippen LogP contribution in [-0.2, 0) is 4.79 Å². The summed E-state index contributed by atoms with van der Waals surface area (Å²) in [6.45, 7) is 1.91. The van der Waals surface area contributed by atoms with E-state index in [1.807, 2.05) is 35.2 Å². The number of rotatable bonds is 3. The number of likely N-dealkylation sites (tertiary alicyclic amines) is 1. The zero-order valence-corrected chi connectivity index (χ0v) is 12.2. The number of hydrogen-bond acceptors (Lipinski definition) is 3. The average Bonchev–Trinajstić information content (AvgIpc) is 2.72. The number of amides is 3. The molecule has 0 radical (unpaired) electrons. The Morgan fingerprint density at radius 2 is 2.05 bits per heavy atom. The van der Waals surface area contributed by atoms with Crippen molar-refractivity contribution in [3.8, 4) is 0 Å². The smallest absolute Gasteiger partial charge is 0.317 e. The lowest BCUT2D eigenvalue weighted by atomic mass is 9.89. The van der Waals surface area contributed by atoms with Gasteiger partial charge in [0.15, 0.2) is 0 Å². The third kappa shape index (κ3) is 2.24. The minimum atomic E-state index is -0.176.